The Morgan fingerprint density at radius 3 is 1.06 bits per heavy atom. The van der Waals surface area contributed by atoms with Crippen LogP contribution in [-0.4, -0.2) is 97.2 Å². The molecule has 400 valence electrons. The van der Waals surface area contributed by atoms with E-state index in [4.69, 9.17) is 19.7 Å². The maximum Gasteiger partial charge on any atom is 0.130 e. The fraction of sp³-hybridized carbons (Fsp3) is 0.212. The lowest BCUT2D eigenvalue weighted by atomic mass is 10.1. The molecule has 0 bridgehead atoms. The molecule has 2 unspecified atom stereocenters. The van der Waals surface area contributed by atoms with Crippen LogP contribution in [0.4, 0.5) is 11.4 Å². The van der Waals surface area contributed by atoms with Crippen molar-refractivity contribution in [1.29, 1.82) is 0 Å². The van der Waals surface area contributed by atoms with Crippen LogP contribution in [0.15, 0.2) is 222 Å². The first-order valence-corrected chi connectivity index (χ1v) is 29.7. The van der Waals surface area contributed by atoms with Crippen molar-refractivity contribution in [1.82, 2.24) is 0 Å². The molecule has 0 heterocycles. The second-order valence-electron chi connectivity index (χ2n) is 19.0. The van der Waals surface area contributed by atoms with Crippen LogP contribution in [0.25, 0.3) is 22.3 Å². The van der Waals surface area contributed by atoms with Gasteiger partial charge in [-0.05, 0) is 123 Å². The second kappa shape index (κ2) is 26.5. The van der Waals surface area contributed by atoms with E-state index in [2.05, 4.69) is 181 Å². The zero-order valence-electron chi connectivity index (χ0n) is 44.9. The zero-order valence-corrected chi connectivity index (χ0v) is 47.4. The number of ether oxygens (including phenoxy) is 2. The van der Waals surface area contributed by atoms with E-state index in [1.807, 2.05) is 48.5 Å². The van der Waals surface area contributed by atoms with Gasteiger partial charge in [0, 0.05) is 114 Å². The van der Waals surface area contributed by atoms with Crippen LogP contribution in [-0.2, 0) is 0 Å². The fourth-order valence-electron chi connectivity index (χ4n) is 9.78. The normalized spacial score (nSPS) is 13.0. The zero-order chi connectivity index (χ0) is 54.5. The molecule has 8 aromatic carbocycles. The van der Waals surface area contributed by atoms with Crippen LogP contribution in [0.2, 0.25) is 0 Å². The highest BCUT2D eigenvalue weighted by Crippen LogP contribution is 2.39. The number of rotatable bonds is 24. The van der Waals surface area contributed by atoms with Gasteiger partial charge < -0.3 is 29.5 Å². The first-order chi connectivity index (χ1) is 38.8. The number of hydrogen-bond acceptors (Lipinski definition) is 13. The molecule has 79 heavy (non-hydrogen) atoms. The number of aliphatic hydroxyl groups excluding tert-OH is 2. The molecule has 0 aromatic heterocycles. The van der Waals surface area contributed by atoms with Gasteiger partial charge in [0.25, 0.3) is 0 Å². The van der Waals surface area contributed by atoms with Gasteiger partial charge in [-0.3, -0.25) is 0 Å². The van der Waals surface area contributed by atoms with Gasteiger partial charge in [0.2, 0.25) is 0 Å². The Morgan fingerprint density at radius 2 is 0.734 bits per heavy atom. The van der Waals surface area contributed by atoms with Crippen molar-refractivity contribution in [2.75, 3.05) is 60.7 Å². The van der Waals surface area contributed by atoms with Crippen LogP contribution in [0, 0.1) is 0 Å². The summed E-state index contributed by atoms with van der Waals surface area (Å²) in [6, 6.07) is 62.2. The monoisotopic (exact) mass is 1100 g/mol. The SMILES string of the molecule is CCN(CC)c1ccc(C=NN=C2c3ccccc3-c3ccccc32)c(OCC(O)CSc2ccc(Sc3ccc(SCC(O)COc4cc(N(CC)CC)ccc4C=NN=C4c5ccccc5-c5ccccc54)cc3)cc2)c1. The fourth-order valence-corrected chi connectivity index (χ4v) is 12.2. The molecular weight excluding hydrogens is 1040 g/mol. The third kappa shape index (κ3) is 13.2. The van der Waals surface area contributed by atoms with Gasteiger partial charge in [-0.1, -0.05) is 109 Å². The molecule has 10 nitrogen and oxygen atoms in total. The number of hydrogen-bond donors (Lipinski definition) is 2. The number of thioether (sulfide) groups is 2. The van der Waals surface area contributed by atoms with Crippen LogP contribution in [0.3, 0.4) is 0 Å². The van der Waals surface area contributed by atoms with E-state index >= 15 is 0 Å². The number of anilines is 2. The Hall–Kier alpha value is -7.39. The van der Waals surface area contributed by atoms with E-state index in [0.29, 0.717) is 23.0 Å². The van der Waals surface area contributed by atoms with Gasteiger partial charge in [0.05, 0.1) is 24.6 Å². The third-order valence-corrected chi connectivity index (χ3v) is 17.2. The average Bonchev–Trinajstić information content (AvgIpc) is 4.09. The summed E-state index contributed by atoms with van der Waals surface area (Å²) >= 11 is 4.89. The molecule has 0 fully saturated rings. The van der Waals surface area contributed by atoms with E-state index < -0.39 is 12.2 Å². The minimum atomic E-state index is -0.702. The minimum absolute atomic E-state index is 0.131. The van der Waals surface area contributed by atoms with Crippen molar-refractivity contribution in [3.8, 4) is 33.8 Å². The van der Waals surface area contributed by atoms with Gasteiger partial charge in [0.1, 0.15) is 36.1 Å². The highest BCUT2D eigenvalue weighted by molar-refractivity contribution is 8.00. The molecule has 0 saturated heterocycles. The molecule has 0 spiro atoms. The van der Waals surface area contributed by atoms with Crippen molar-refractivity contribution in [2.24, 2.45) is 20.4 Å². The average molecular weight is 1100 g/mol. The van der Waals surface area contributed by atoms with E-state index in [1.54, 1.807) is 47.7 Å². The molecule has 8 aromatic rings. The smallest absolute Gasteiger partial charge is 0.130 e. The maximum atomic E-state index is 11.2. The first kappa shape index (κ1) is 54.9. The Balaban J connectivity index is 0.703. The predicted molar refractivity (Wildman–Crippen MR) is 332 cm³/mol. The Labute approximate surface area is 477 Å². The van der Waals surface area contributed by atoms with Gasteiger partial charge in [-0.2, -0.15) is 10.2 Å². The summed E-state index contributed by atoms with van der Waals surface area (Å²) in [5, 5.41) is 40.9. The summed E-state index contributed by atoms with van der Waals surface area (Å²) in [6.45, 7) is 12.3. The highest BCUT2D eigenvalue weighted by atomic mass is 32.2. The second-order valence-corrected chi connectivity index (χ2v) is 22.3. The molecule has 2 atom stereocenters. The van der Waals surface area contributed by atoms with Gasteiger partial charge >= 0.3 is 0 Å². The minimum Gasteiger partial charge on any atom is -0.490 e. The molecule has 0 aliphatic heterocycles. The lowest BCUT2D eigenvalue weighted by Gasteiger charge is -2.22. The van der Waals surface area contributed by atoms with Gasteiger partial charge in [-0.15, -0.1) is 33.7 Å². The van der Waals surface area contributed by atoms with Gasteiger partial charge in [0.15, 0.2) is 0 Å². The number of fused-ring (bicyclic) bond motifs is 6. The quantitative estimate of drug-likeness (QED) is 0.0347. The molecule has 0 amide bonds. The van der Waals surface area contributed by atoms with E-state index in [1.165, 1.54) is 0 Å². The maximum absolute atomic E-state index is 11.2. The summed E-state index contributed by atoms with van der Waals surface area (Å²) in [5.41, 5.74) is 14.3. The third-order valence-electron chi connectivity index (χ3n) is 13.9. The van der Waals surface area contributed by atoms with Crippen LogP contribution in [0.1, 0.15) is 61.1 Å². The highest BCUT2D eigenvalue weighted by Gasteiger charge is 2.25. The topological polar surface area (TPSA) is 115 Å². The summed E-state index contributed by atoms with van der Waals surface area (Å²) in [5.74, 6) is 2.24. The summed E-state index contributed by atoms with van der Waals surface area (Å²) in [4.78, 5) is 8.90. The predicted octanol–water partition coefficient (Wildman–Crippen LogP) is 14.3. The van der Waals surface area contributed by atoms with Crippen molar-refractivity contribution in [3.63, 3.8) is 0 Å². The lowest BCUT2D eigenvalue weighted by molar-refractivity contribution is 0.126. The van der Waals surface area contributed by atoms with Crippen LogP contribution in [0.5, 0.6) is 11.5 Å². The Kier molecular flexibility index (Phi) is 18.4. The van der Waals surface area contributed by atoms with E-state index in [0.717, 1.165) is 124 Å². The molecule has 2 N–H and O–H groups in total. The Morgan fingerprint density at radius 1 is 0.418 bits per heavy atom. The van der Waals surface area contributed by atoms with E-state index in [9.17, 15) is 10.2 Å². The van der Waals surface area contributed by atoms with E-state index in [-0.39, 0.29) is 13.2 Å². The standard InChI is InChI=1S/C66H64N6O4S3/c1-5-71(6-2)47-27-25-45(39-67-69-65-59-21-13-9-17-55(59)56-18-10-14-22-60(56)65)63(37-47)75-41-49(73)43-77-51-29-33-53(34-30-51)79-54-35-31-52(32-36-54)78-44-50(74)42-76-64-38-48(72(7-3)8-4)28-26-46(64)40-68-70-66-61-23-15-11-19-57(61)58-20-12-16-24-62(58)66/h9-40,49-50,73-74H,5-8,41-44H2,1-4H3. The molecule has 10 rings (SSSR count). The van der Waals surface area contributed by atoms with Crippen molar-refractivity contribution in [3.05, 3.63) is 215 Å². The number of aliphatic hydroxyl groups is 2. The van der Waals surface area contributed by atoms with Crippen LogP contribution < -0.4 is 19.3 Å². The van der Waals surface area contributed by atoms with Crippen molar-refractivity contribution in [2.45, 2.75) is 59.5 Å². The van der Waals surface area contributed by atoms with Gasteiger partial charge in [-0.25, -0.2) is 0 Å². The molecule has 2 aliphatic carbocycles. The van der Waals surface area contributed by atoms with Crippen LogP contribution >= 0.6 is 35.3 Å². The summed E-state index contributed by atoms with van der Waals surface area (Å²) in [7, 11) is 0. The first-order valence-electron chi connectivity index (χ1n) is 26.9. The molecule has 13 heteroatoms. The summed E-state index contributed by atoms with van der Waals surface area (Å²) in [6.07, 6.45) is 2.08. The number of benzene rings is 8. The lowest BCUT2D eigenvalue weighted by Crippen LogP contribution is -2.23. The van der Waals surface area contributed by atoms with Crippen molar-refractivity contribution < 1.29 is 19.7 Å². The molecule has 0 saturated carbocycles. The Bertz CT molecular complexity index is 3180. The molecular formula is C66H64N6O4S3. The summed E-state index contributed by atoms with van der Waals surface area (Å²) < 4.78 is 12.7. The molecule has 2 aliphatic rings. The number of nitrogens with zero attached hydrogens (tertiary/aromatic N) is 6. The van der Waals surface area contributed by atoms with Crippen molar-refractivity contribution >= 4 is 70.5 Å². The molecule has 0 radical (unpaired) electrons. The largest absolute Gasteiger partial charge is 0.490 e.